The maximum absolute atomic E-state index is 13.1. The standard InChI is InChI=1S/C24H23NO6/c1-31-19-11-6-5-10-17(19)22-21(18(26)14-13-16-8-3-2-4-9-16)23(29)24(30)25(22)15-7-12-20(27)28/h2-6,8-11,13-14,22,29H,7,12,15H2,1H3,(H,27,28)/b14-13+/t22-/m0/s1. The van der Waals surface area contributed by atoms with E-state index in [1.165, 1.54) is 18.1 Å². The van der Waals surface area contributed by atoms with E-state index >= 15 is 0 Å². The number of carboxylic acids is 1. The zero-order valence-corrected chi connectivity index (χ0v) is 17.0. The van der Waals surface area contributed by atoms with Crippen LogP contribution in [0.4, 0.5) is 0 Å². The quantitative estimate of drug-likeness (QED) is 0.600. The van der Waals surface area contributed by atoms with Crippen LogP contribution in [0, 0.1) is 0 Å². The highest BCUT2D eigenvalue weighted by Crippen LogP contribution is 2.41. The van der Waals surface area contributed by atoms with Crippen molar-refractivity contribution in [2.24, 2.45) is 0 Å². The Kier molecular flexibility index (Phi) is 6.87. The molecule has 1 heterocycles. The van der Waals surface area contributed by atoms with Crippen LogP contribution in [-0.2, 0) is 14.4 Å². The summed E-state index contributed by atoms with van der Waals surface area (Å²) in [6.45, 7) is 0.0666. The number of hydrogen-bond acceptors (Lipinski definition) is 5. The monoisotopic (exact) mass is 421 g/mol. The fraction of sp³-hybridized carbons (Fsp3) is 0.208. The van der Waals surface area contributed by atoms with Crippen molar-refractivity contribution in [3.05, 3.63) is 83.1 Å². The molecule has 0 saturated carbocycles. The van der Waals surface area contributed by atoms with Crippen LogP contribution in [0.3, 0.4) is 0 Å². The fourth-order valence-corrected chi connectivity index (χ4v) is 3.58. The van der Waals surface area contributed by atoms with Crippen LogP contribution in [0.25, 0.3) is 6.08 Å². The SMILES string of the molecule is COc1ccccc1[C@H]1C(C(=O)/C=C/c2ccccc2)=C(O)C(=O)N1CCCC(=O)O. The number of carbonyl (C=O) groups excluding carboxylic acids is 2. The van der Waals surface area contributed by atoms with Gasteiger partial charge in [-0.3, -0.25) is 14.4 Å². The number of carbonyl (C=O) groups is 3. The lowest BCUT2D eigenvalue weighted by atomic mass is 9.94. The van der Waals surface area contributed by atoms with Crippen LogP contribution in [-0.4, -0.2) is 46.4 Å². The van der Waals surface area contributed by atoms with Crippen molar-refractivity contribution in [3.8, 4) is 5.75 Å². The number of aliphatic carboxylic acids is 1. The average molecular weight is 421 g/mol. The molecule has 1 amide bonds. The molecule has 0 radical (unpaired) electrons. The minimum Gasteiger partial charge on any atom is -0.503 e. The van der Waals surface area contributed by atoms with E-state index in [0.717, 1.165) is 5.56 Å². The number of ether oxygens (including phenoxy) is 1. The van der Waals surface area contributed by atoms with Gasteiger partial charge in [0.05, 0.1) is 18.7 Å². The molecular weight excluding hydrogens is 398 g/mol. The molecule has 0 bridgehead atoms. The molecule has 7 heteroatoms. The van der Waals surface area contributed by atoms with Crippen LogP contribution in [0.15, 0.2) is 72.0 Å². The fourth-order valence-electron chi connectivity index (χ4n) is 3.58. The second-order valence-electron chi connectivity index (χ2n) is 7.01. The third-order valence-corrected chi connectivity index (χ3v) is 5.02. The van der Waals surface area contributed by atoms with E-state index in [0.29, 0.717) is 11.3 Å². The molecule has 7 nitrogen and oxygen atoms in total. The molecule has 2 aromatic carbocycles. The highest BCUT2D eigenvalue weighted by molar-refractivity contribution is 6.14. The first kappa shape index (κ1) is 21.8. The summed E-state index contributed by atoms with van der Waals surface area (Å²) < 4.78 is 5.41. The van der Waals surface area contributed by atoms with Gasteiger partial charge in [-0.05, 0) is 24.1 Å². The van der Waals surface area contributed by atoms with Gasteiger partial charge in [-0.1, -0.05) is 54.6 Å². The molecule has 3 rings (SSSR count). The minimum atomic E-state index is -0.986. The molecule has 2 N–H and O–H groups in total. The van der Waals surface area contributed by atoms with E-state index < -0.39 is 29.5 Å². The number of para-hydroxylation sites is 1. The molecule has 0 saturated heterocycles. The lowest BCUT2D eigenvalue weighted by Gasteiger charge is -2.27. The van der Waals surface area contributed by atoms with Crippen molar-refractivity contribution in [2.45, 2.75) is 18.9 Å². The number of aliphatic hydroxyl groups excluding tert-OH is 1. The summed E-state index contributed by atoms with van der Waals surface area (Å²) >= 11 is 0. The molecule has 31 heavy (non-hydrogen) atoms. The zero-order chi connectivity index (χ0) is 22.4. The van der Waals surface area contributed by atoms with E-state index in [1.54, 1.807) is 30.3 Å². The lowest BCUT2D eigenvalue weighted by Crippen LogP contribution is -2.32. The van der Waals surface area contributed by atoms with E-state index in [1.807, 2.05) is 30.3 Å². The Labute approximate surface area is 179 Å². The molecule has 0 aromatic heterocycles. The molecule has 0 spiro atoms. The Bertz CT molecular complexity index is 1040. The van der Waals surface area contributed by atoms with Gasteiger partial charge in [-0.2, -0.15) is 0 Å². The van der Waals surface area contributed by atoms with E-state index in [2.05, 4.69) is 0 Å². The molecule has 2 aromatic rings. The largest absolute Gasteiger partial charge is 0.503 e. The normalized spacial score (nSPS) is 16.2. The van der Waals surface area contributed by atoms with Crippen LogP contribution in [0.1, 0.15) is 30.0 Å². The number of carboxylic acid groups (broad SMARTS) is 1. The molecule has 1 aliphatic heterocycles. The molecule has 160 valence electrons. The number of benzene rings is 2. The number of nitrogens with zero attached hydrogens (tertiary/aromatic N) is 1. The summed E-state index contributed by atoms with van der Waals surface area (Å²) in [5.41, 5.74) is 1.28. The third-order valence-electron chi connectivity index (χ3n) is 5.02. The van der Waals surface area contributed by atoms with E-state index in [-0.39, 0.29) is 25.0 Å². The van der Waals surface area contributed by atoms with Gasteiger partial charge in [0, 0.05) is 18.5 Å². The molecular formula is C24H23NO6. The first-order chi connectivity index (χ1) is 14.9. The topological polar surface area (TPSA) is 104 Å². The Morgan fingerprint density at radius 3 is 2.45 bits per heavy atom. The zero-order valence-electron chi connectivity index (χ0n) is 17.0. The first-order valence-electron chi connectivity index (χ1n) is 9.80. The highest BCUT2D eigenvalue weighted by atomic mass is 16.5. The van der Waals surface area contributed by atoms with Crippen LogP contribution in [0.2, 0.25) is 0 Å². The number of amides is 1. The Balaban J connectivity index is 1.99. The van der Waals surface area contributed by atoms with Gasteiger partial charge in [-0.15, -0.1) is 0 Å². The second kappa shape index (κ2) is 9.75. The molecule has 0 unspecified atom stereocenters. The second-order valence-corrected chi connectivity index (χ2v) is 7.01. The van der Waals surface area contributed by atoms with E-state index in [9.17, 15) is 19.5 Å². The molecule has 0 aliphatic carbocycles. The van der Waals surface area contributed by atoms with Crippen molar-refractivity contribution in [1.29, 1.82) is 0 Å². The first-order valence-corrected chi connectivity index (χ1v) is 9.80. The minimum absolute atomic E-state index is 0.0583. The molecule has 0 fully saturated rings. The summed E-state index contributed by atoms with van der Waals surface area (Å²) in [6, 6.07) is 15.2. The summed E-state index contributed by atoms with van der Waals surface area (Å²) in [7, 11) is 1.48. The van der Waals surface area contributed by atoms with Crippen LogP contribution in [0.5, 0.6) is 5.75 Å². The van der Waals surface area contributed by atoms with Crippen LogP contribution < -0.4 is 4.74 Å². The average Bonchev–Trinajstić information content (AvgIpc) is 3.03. The summed E-state index contributed by atoms with van der Waals surface area (Å²) in [5.74, 6) is -2.38. The van der Waals surface area contributed by atoms with E-state index in [4.69, 9.17) is 9.84 Å². The number of methoxy groups -OCH3 is 1. The molecule has 1 atom stereocenters. The van der Waals surface area contributed by atoms with Crippen molar-refractivity contribution < 1.29 is 29.3 Å². The van der Waals surface area contributed by atoms with Gasteiger partial charge in [0.2, 0.25) is 0 Å². The van der Waals surface area contributed by atoms with Gasteiger partial charge in [0.15, 0.2) is 11.5 Å². The maximum atomic E-state index is 13.1. The van der Waals surface area contributed by atoms with Crippen molar-refractivity contribution in [2.75, 3.05) is 13.7 Å². The predicted molar refractivity (Wildman–Crippen MR) is 114 cm³/mol. The number of aliphatic hydroxyl groups is 1. The summed E-state index contributed by atoms with van der Waals surface area (Å²) in [4.78, 5) is 38.1. The third kappa shape index (κ3) is 4.83. The van der Waals surface area contributed by atoms with Crippen LogP contribution >= 0.6 is 0 Å². The predicted octanol–water partition coefficient (Wildman–Crippen LogP) is 3.54. The van der Waals surface area contributed by atoms with Crippen molar-refractivity contribution in [3.63, 3.8) is 0 Å². The number of hydrogen-bond donors (Lipinski definition) is 2. The van der Waals surface area contributed by atoms with Gasteiger partial charge >= 0.3 is 5.97 Å². The Morgan fingerprint density at radius 1 is 1.10 bits per heavy atom. The highest BCUT2D eigenvalue weighted by Gasteiger charge is 2.43. The smallest absolute Gasteiger partial charge is 0.303 e. The lowest BCUT2D eigenvalue weighted by molar-refractivity contribution is -0.138. The number of allylic oxidation sites excluding steroid dienone is 1. The Hall–Kier alpha value is -3.87. The summed E-state index contributed by atoms with van der Waals surface area (Å²) in [6.07, 6.45) is 2.97. The molecule has 1 aliphatic rings. The van der Waals surface area contributed by atoms with Gasteiger partial charge in [0.1, 0.15) is 5.75 Å². The van der Waals surface area contributed by atoms with Crippen molar-refractivity contribution >= 4 is 23.7 Å². The van der Waals surface area contributed by atoms with Gasteiger partial charge in [0.25, 0.3) is 5.91 Å². The van der Waals surface area contributed by atoms with Gasteiger partial charge < -0.3 is 19.8 Å². The van der Waals surface area contributed by atoms with Gasteiger partial charge in [-0.25, -0.2) is 0 Å². The number of rotatable bonds is 9. The number of ketones is 1. The van der Waals surface area contributed by atoms with Crippen molar-refractivity contribution in [1.82, 2.24) is 4.90 Å². The summed E-state index contributed by atoms with van der Waals surface area (Å²) in [5, 5.41) is 19.5. The Morgan fingerprint density at radius 2 is 1.77 bits per heavy atom. The maximum Gasteiger partial charge on any atom is 0.303 e.